The van der Waals surface area contributed by atoms with Gasteiger partial charge in [0, 0.05) is 50.0 Å². The van der Waals surface area contributed by atoms with Crippen LogP contribution in [0.15, 0.2) is 131 Å². The largest absolute Gasteiger partial charge is 0.311 e. The van der Waals surface area contributed by atoms with E-state index in [9.17, 15) is 9.59 Å². The van der Waals surface area contributed by atoms with Crippen molar-refractivity contribution in [3.8, 4) is 11.4 Å². The molecule has 11 rings (SSSR count). The number of pyridine rings is 2. The number of hydrogen-bond acceptors (Lipinski definition) is 3. The van der Waals surface area contributed by atoms with Gasteiger partial charge in [-0.2, -0.15) is 0 Å². The Kier molecular flexibility index (Phi) is 3.89. The van der Waals surface area contributed by atoms with Gasteiger partial charge >= 0.3 is 0 Å². The van der Waals surface area contributed by atoms with Crippen molar-refractivity contribution in [2.24, 2.45) is 0 Å². The van der Waals surface area contributed by atoms with Gasteiger partial charge in [-0.1, -0.05) is 72.8 Å². The average Bonchev–Trinajstić information content (AvgIpc) is 3.08. The Labute approximate surface area is 250 Å². The molecule has 0 saturated carbocycles. The van der Waals surface area contributed by atoms with Crippen molar-refractivity contribution in [3.05, 3.63) is 142 Å². The van der Waals surface area contributed by atoms with E-state index in [1.165, 1.54) is 0 Å². The quantitative estimate of drug-likeness (QED) is 0.196. The first-order chi connectivity index (χ1) is 21.7. The minimum absolute atomic E-state index is 0.0414. The molecule has 5 heterocycles. The van der Waals surface area contributed by atoms with E-state index in [1.807, 2.05) is 69.8 Å². The third-order valence-corrected chi connectivity index (χ3v) is 10.0. The van der Waals surface area contributed by atoms with E-state index >= 15 is 0 Å². The van der Waals surface area contributed by atoms with Crippen LogP contribution < -0.4 is 32.4 Å². The highest BCUT2D eigenvalue weighted by Crippen LogP contribution is 2.43. The van der Waals surface area contributed by atoms with Crippen LogP contribution in [0.25, 0.3) is 54.7 Å². The maximum Gasteiger partial charge on any atom is 0.263 e. The Hall–Kier alpha value is -5.88. The number of anilines is 3. The number of rotatable bonds is 1. The molecule has 5 nitrogen and oxygen atoms in total. The van der Waals surface area contributed by atoms with Crippen molar-refractivity contribution in [2.45, 2.75) is 0 Å². The Morgan fingerprint density at radius 2 is 0.864 bits per heavy atom. The molecule has 0 bridgehead atoms. The number of benzene rings is 6. The van der Waals surface area contributed by atoms with Gasteiger partial charge in [0.05, 0.1) is 11.0 Å². The summed E-state index contributed by atoms with van der Waals surface area (Å²) in [5.41, 5.74) is 9.88. The van der Waals surface area contributed by atoms with Gasteiger partial charge in [-0.25, -0.2) is 0 Å². The van der Waals surface area contributed by atoms with Crippen LogP contribution in [0.1, 0.15) is 0 Å². The fraction of sp³-hybridized carbons (Fsp3) is 0. The molecule has 202 valence electrons. The Bertz CT molecular complexity index is 2610. The summed E-state index contributed by atoms with van der Waals surface area (Å²) in [6.45, 7) is -0.139. The second-order valence-corrected chi connectivity index (χ2v) is 12.0. The molecule has 2 aromatic heterocycles. The first-order valence-corrected chi connectivity index (χ1v) is 14.9. The van der Waals surface area contributed by atoms with E-state index in [-0.39, 0.29) is 17.8 Å². The molecule has 3 aliphatic heterocycles. The van der Waals surface area contributed by atoms with Gasteiger partial charge in [0.25, 0.3) is 17.8 Å². The minimum atomic E-state index is -0.139. The molecule has 3 aliphatic rings. The van der Waals surface area contributed by atoms with E-state index in [2.05, 4.69) is 65.6 Å². The van der Waals surface area contributed by atoms with Crippen LogP contribution in [0, 0.1) is 0 Å². The molecule has 44 heavy (non-hydrogen) atoms. The van der Waals surface area contributed by atoms with Crippen LogP contribution in [0.5, 0.6) is 0 Å². The summed E-state index contributed by atoms with van der Waals surface area (Å²) in [6, 6.07) is 41.1. The lowest BCUT2D eigenvalue weighted by Gasteiger charge is -2.43. The Balaban J connectivity index is 1.46. The second-order valence-electron chi connectivity index (χ2n) is 12.0. The summed E-state index contributed by atoms with van der Waals surface area (Å²) >= 11 is 0. The lowest BCUT2D eigenvalue weighted by Crippen LogP contribution is -2.64. The fourth-order valence-electron chi connectivity index (χ4n) is 8.43. The zero-order valence-corrected chi connectivity index (χ0v) is 23.3. The third-order valence-electron chi connectivity index (χ3n) is 10.0. The molecule has 0 N–H and O–H groups in total. The molecule has 0 unspecified atom stereocenters. The zero-order valence-electron chi connectivity index (χ0n) is 23.3. The highest BCUT2D eigenvalue weighted by molar-refractivity contribution is 7.02. The predicted molar refractivity (Wildman–Crippen MR) is 181 cm³/mol. The number of hydrogen-bond donors (Lipinski definition) is 0. The van der Waals surface area contributed by atoms with Crippen LogP contribution in [-0.4, -0.2) is 15.8 Å². The molecule has 0 aliphatic carbocycles. The molecule has 0 spiro atoms. The van der Waals surface area contributed by atoms with Gasteiger partial charge in [-0.3, -0.25) is 18.7 Å². The summed E-state index contributed by atoms with van der Waals surface area (Å²) in [7, 11) is 0. The number of fused-ring (bicyclic) bond motifs is 6. The van der Waals surface area contributed by atoms with Crippen molar-refractivity contribution < 1.29 is 0 Å². The van der Waals surface area contributed by atoms with Crippen molar-refractivity contribution in [1.29, 1.82) is 0 Å². The monoisotopic (exact) mass is 561 g/mol. The molecule has 0 saturated heterocycles. The topological polar surface area (TPSA) is 47.2 Å². The fourth-order valence-corrected chi connectivity index (χ4v) is 8.43. The smallest absolute Gasteiger partial charge is 0.263 e. The normalized spacial score (nSPS) is 13.5. The molecular weight excluding hydrogens is 541 g/mol. The van der Waals surface area contributed by atoms with Crippen LogP contribution in [0.4, 0.5) is 17.1 Å². The van der Waals surface area contributed by atoms with Gasteiger partial charge in [-0.15, -0.1) is 0 Å². The van der Waals surface area contributed by atoms with Gasteiger partial charge in [0.15, 0.2) is 0 Å². The molecule has 0 amide bonds. The van der Waals surface area contributed by atoms with Crippen LogP contribution >= 0.6 is 0 Å². The molecular formula is C38H20BN3O2. The summed E-state index contributed by atoms with van der Waals surface area (Å²) < 4.78 is 3.83. The van der Waals surface area contributed by atoms with Gasteiger partial charge in [0.1, 0.15) is 0 Å². The third kappa shape index (κ3) is 2.41. The second kappa shape index (κ2) is 7.55. The summed E-state index contributed by atoms with van der Waals surface area (Å²) in [5, 5.41) is 5.41. The van der Waals surface area contributed by atoms with E-state index in [4.69, 9.17) is 0 Å². The van der Waals surface area contributed by atoms with Crippen molar-refractivity contribution in [2.75, 3.05) is 4.90 Å². The predicted octanol–water partition coefficient (Wildman–Crippen LogP) is 5.53. The van der Waals surface area contributed by atoms with Crippen LogP contribution in [-0.2, 0) is 0 Å². The first-order valence-electron chi connectivity index (χ1n) is 14.9. The van der Waals surface area contributed by atoms with Crippen molar-refractivity contribution in [1.82, 2.24) is 9.13 Å². The van der Waals surface area contributed by atoms with Crippen LogP contribution in [0.2, 0.25) is 0 Å². The lowest BCUT2D eigenvalue weighted by atomic mass is 9.32. The van der Waals surface area contributed by atoms with Gasteiger partial charge in [-0.05, 0) is 75.7 Å². The Morgan fingerprint density at radius 1 is 0.386 bits per heavy atom. The summed E-state index contributed by atoms with van der Waals surface area (Å²) in [4.78, 5) is 31.3. The summed E-state index contributed by atoms with van der Waals surface area (Å²) in [6.07, 6.45) is 0. The number of aromatic nitrogens is 2. The first kappa shape index (κ1) is 22.7. The van der Waals surface area contributed by atoms with E-state index in [1.54, 1.807) is 0 Å². The van der Waals surface area contributed by atoms with Gasteiger partial charge in [0.2, 0.25) is 0 Å². The summed E-state index contributed by atoms with van der Waals surface area (Å²) in [5.74, 6) is 0. The minimum Gasteiger partial charge on any atom is -0.311 e. The van der Waals surface area contributed by atoms with Gasteiger partial charge < -0.3 is 4.90 Å². The van der Waals surface area contributed by atoms with Crippen molar-refractivity contribution in [3.63, 3.8) is 0 Å². The highest BCUT2D eigenvalue weighted by atomic mass is 16.1. The highest BCUT2D eigenvalue weighted by Gasteiger charge is 2.47. The Morgan fingerprint density at radius 3 is 1.39 bits per heavy atom. The number of nitrogens with zero attached hydrogens (tertiary/aromatic N) is 3. The van der Waals surface area contributed by atoms with E-state index < -0.39 is 0 Å². The standard InChI is InChI=1S/C38H20BN3O2/c43-37-26-13-6-4-11-22(26)24-17-19-30-33-35(24)41(37)28-15-8-16-29-32(28)39(33)34-31(40(30)21-9-2-1-3-10-21)20-18-25-23-12-5-7-14-27(23)38(44)42(29)36(25)34/h1-20H. The molecule has 6 aromatic carbocycles. The van der Waals surface area contributed by atoms with E-state index in [0.29, 0.717) is 10.8 Å². The molecule has 6 heteroatoms. The molecule has 0 radical (unpaired) electrons. The van der Waals surface area contributed by atoms with Crippen LogP contribution in [0.3, 0.4) is 0 Å². The lowest BCUT2D eigenvalue weighted by molar-refractivity contribution is 1.03. The SMILES string of the molecule is O=c1c2ccccc2c2ccc3c4c2n1-c1cccc2c1B4c1c(ccc4c5ccccc5c(=O)n-2c14)N3c1ccccc1. The average molecular weight is 561 g/mol. The molecule has 0 fully saturated rings. The van der Waals surface area contributed by atoms with Crippen molar-refractivity contribution >= 4 is 83.5 Å². The molecule has 8 aromatic rings. The maximum absolute atomic E-state index is 14.5. The molecule has 0 atom stereocenters. The van der Waals surface area contributed by atoms with E-state index in [0.717, 1.165) is 77.4 Å². The maximum atomic E-state index is 14.5. The number of para-hydroxylation sites is 1. The zero-order chi connectivity index (χ0) is 28.8.